The van der Waals surface area contributed by atoms with Gasteiger partial charge in [-0.05, 0) is 89.2 Å². The summed E-state index contributed by atoms with van der Waals surface area (Å²) in [5, 5.41) is 3.66. The van der Waals surface area contributed by atoms with Crippen molar-refractivity contribution in [2.24, 2.45) is 0 Å². The van der Waals surface area contributed by atoms with Crippen molar-refractivity contribution in [3.8, 4) is 61.7 Å². The van der Waals surface area contributed by atoms with Crippen LogP contribution >= 0.6 is 0 Å². The van der Waals surface area contributed by atoms with Gasteiger partial charge in [-0.2, -0.15) is 13.7 Å². The molecule has 4 nitrogen and oxygen atoms in total. The summed E-state index contributed by atoms with van der Waals surface area (Å²) in [5.74, 6) is 1.19. The molecule has 0 radical (unpaired) electrons. The number of para-hydroxylation sites is 3. The smallest absolute Gasteiger partial charge is 0.304 e. The predicted octanol–water partition coefficient (Wildman–Crippen LogP) is 14.7. The lowest BCUT2D eigenvalue weighted by Crippen LogP contribution is -2.56. The molecule has 3 aromatic heterocycles. The van der Waals surface area contributed by atoms with E-state index < -0.39 is 8.07 Å². The van der Waals surface area contributed by atoms with Crippen LogP contribution in [0.3, 0.4) is 0 Å². The highest BCUT2D eigenvalue weighted by atomic mass is 28.3. The second-order valence-corrected chi connectivity index (χ2v) is 24.8. The fraction of sp³-hybridized carbons (Fsp3) is 0.111. The minimum absolute atomic E-state index is 0.0812. The number of nitrogens with zero attached hydrogens (tertiary/aromatic N) is 3. The Bertz CT molecular complexity index is 3740. The number of hydrogen-bond donors (Lipinski definition) is 0. The van der Waals surface area contributed by atoms with E-state index in [1.165, 1.54) is 33.1 Å². The number of pyridine rings is 1. The van der Waals surface area contributed by atoms with Crippen molar-refractivity contribution in [3.05, 3.63) is 224 Å². The van der Waals surface area contributed by atoms with E-state index in [0.717, 1.165) is 96.4 Å². The molecule has 5 heteroatoms. The number of hydrogen-bond acceptors (Lipinski definition) is 1. The van der Waals surface area contributed by atoms with Gasteiger partial charge in [0.25, 0.3) is 0 Å². The third-order valence-electron chi connectivity index (χ3n) is 14.8. The molecule has 326 valence electrons. The summed E-state index contributed by atoms with van der Waals surface area (Å²) < 4.78 is 14.9. The first-order valence-corrected chi connectivity index (χ1v) is 27.5. The van der Waals surface area contributed by atoms with Gasteiger partial charge < -0.3 is 4.42 Å². The van der Waals surface area contributed by atoms with E-state index in [9.17, 15) is 0 Å². The molecule has 8 aromatic carbocycles. The lowest BCUT2D eigenvalue weighted by molar-refractivity contribution is -0.723. The van der Waals surface area contributed by atoms with Crippen LogP contribution in [0.25, 0.3) is 100 Å². The maximum Gasteiger partial charge on any atom is 0.304 e. The van der Waals surface area contributed by atoms with Crippen LogP contribution in [-0.4, -0.2) is 12.6 Å². The molecule has 0 bridgehead atoms. The molecular weight excluding hydrogens is 843 g/mol. The highest BCUT2D eigenvalue weighted by molar-refractivity contribution is 6.88. The molecule has 0 fully saturated rings. The molecule has 13 rings (SSSR count). The largest absolute Gasteiger partial charge is 0.455 e. The molecule has 2 unspecified atom stereocenters. The average Bonchev–Trinajstić information content (AvgIpc) is 3.94. The fourth-order valence-electron chi connectivity index (χ4n) is 11.5. The molecular formula is C63H51N3OSi+2. The van der Waals surface area contributed by atoms with E-state index in [2.05, 4.69) is 240 Å². The summed E-state index contributed by atoms with van der Waals surface area (Å²) in [6.07, 6.45) is 4.27. The van der Waals surface area contributed by atoms with Crippen molar-refractivity contribution in [2.45, 2.75) is 44.4 Å². The van der Waals surface area contributed by atoms with Gasteiger partial charge in [0.15, 0.2) is 28.5 Å². The van der Waals surface area contributed by atoms with E-state index in [0.29, 0.717) is 0 Å². The van der Waals surface area contributed by atoms with E-state index in [4.69, 9.17) is 11.0 Å². The first-order chi connectivity index (χ1) is 33.3. The molecule has 2 aliphatic rings. The van der Waals surface area contributed by atoms with Gasteiger partial charge in [-0.1, -0.05) is 177 Å². The van der Waals surface area contributed by atoms with Gasteiger partial charge in [0.2, 0.25) is 11.7 Å². The number of furan rings is 1. The Morgan fingerprint density at radius 3 is 1.94 bits per heavy atom. The Morgan fingerprint density at radius 2 is 1.22 bits per heavy atom. The van der Waals surface area contributed by atoms with Crippen LogP contribution in [0.4, 0.5) is 0 Å². The van der Waals surface area contributed by atoms with E-state index in [1.807, 2.05) is 0 Å². The summed E-state index contributed by atoms with van der Waals surface area (Å²) in [6.45, 7) is 12.7. The van der Waals surface area contributed by atoms with Crippen molar-refractivity contribution in [1.82, 2.24) is 4.57 Å². The first kappa shape index (κ1) is 40.4. The molecule has 0 amide bonds. The van der Waals surface area contributed by atoms with Crippen LogP contribution in [0.2, 0.25) is 19.6 Å². The summed E-state index contributed by atoms with van der Waals surface area (Å²) in [6, 6.07) is 73.5. The molecule has 2 aliphatic heterocycles. The Labute approximate surface area is 398 Å². The molecule has 0 saturated heterocycles. The highest BCUT2D eigenvalue weighted by Gasteiger charge is 2.48. The number of fused-ring (bicyclic) bond motifs is 15. The molecule has 0 aliphatic carbocycles. The third-order valence-corrected chi connectivity index (χ3v) is 16.8. The number of rotatable bonds is 5. The normalized spacial score (nSPS) is 15.5. The third kappa shape index (κ3) is 6.26. The van der Waals surface area contributed by atoms with E-state index in [-0.39, 0.29) is 12.0 Å². The lowest BCUT2D eigenvalue weighted by atomic mass is 9.78. The number of aryl methyl sites for hydroxylation is 1. The molecule has 11 aromatic rings. The minimum Gasteiger partial charge on any atom is -0.455 e. The average molecular weight is 894 g/mol. The van der Waals surface area contributed by atoms with Crippen LogP contribution in [0.15, 0.2) is 217 Å². The summed E-state index contributed by atoms with van der Waals surface area (Å²) in [7, 11) is -1.73. The topological polar surface area (TPSA) is 25.8 Å². The van der Waals surface area contributed by atoms with Gasteiger partial charge in [0.1, 0.15) is 16.8 Å². The van der Waals surface area contributed by atoms with Gasteiger partial charge in [0.05, 0.1) is 14.0 Å². The van der Waals surface area contributed by atoms with Gasteiger partial charge >= 0.3 is 5.82 Å². The van der Waals surface area contributed by atoms with Gasteiger partial charge in [-0.15, -0.1) is 0 Å². The maximum absolute atomic E-state index is 7.20. The molecule has 0 N–H and O–H groups in total. The van der Waals surface area contributed by atoms with Crippen molar-refractivity contribution in [2.75, 3.05) is 0 Å². The molecule has 2 atom stereocenters. The second kappa shape index (κ2) is 15.6. The molecule has 0 spiro atoms. The number of benzene rings is 8. The molecule has 68 heavy (non-hydrogen) atoms. The molecule has 5 heterocycles. The minimum atomic E-state index is -1.73. The standard InChI is InChI=1S/C63H51N3OSi/c1-41-60-51(48-26-14-15-27-49(48)55-37-34-47(40-64(55)60)68(2,3)4)35-32-45-33-36-52-50-28-16-19-31-58(50)67-62(52)59(45)63-65(41)56-29-17-18-30-57(56)66(63)61-53(43-22-10-6-11-23-43)38-46(42-20-8-5-9-21-42)39-54(61)44-24-12-7-13-25-44/h5-31,33-34,36-40,51,60H,1,32,35H2,2-4H3/q+2. The van der Waals surface area contributed by atoms with Gasteiger partial charge in [-0.3, -0.25) is 0 Å². The Morgan fingerprint density at radius 1 is 0.588 bits per heavy atom. The van der Waals surface area contributed by atoms with Gasteiger partial charge in [-0.25, -0.2) is 0 Å². The van der Waals surface area contributed by atoms with Gasteiger partial charge in [0, 0.05) is 38.7 Å². The highest BCUT2D eigenvalue weighted by Crippen LogP contribution is 2.50. The zero-order valence-corrected chi connectivity index (χ0v) is 39.7. The Kier molecular flexibility index (Phi) is 9.28. The van der Waals surface area contributed by atoms with E-state index in [1.54, 1.807) is 0 Å². The van der Waals surface area contributed by atoms with Crippen LogP contribution in [0.5, 0.6) is 0 Å². The predicted molar refractivity (Wildman–Crippen MR) is 283 cm³/mol. The monoisotopic (exact) mass is 893 g/mol. The zero-order chi connectivity index (χ0) is 45.7. The van der Waals surface area contributed by atoms with Crippen LogP contribution < -0.4 is 14.3 Å². The van der Waals surface area contributed by atoms with Crippen molar-refractivity contribution >= 4 is 51.9 Å². The van der Waals surface area contributed by atoms with E-state index >= 15 is 0 Å². The Balaban J connectivity index is 1.22. The van der Waals surface area contributed by atoms with Crippen molar-refractivity contribution in [1.29, 1.82) is 0 Å². The fourth-order valence-corrected chi connectivity index (χ4v) is 12.6. The van der Waals surface area contributed by atoms with Crippen LogP contribution in [-0.2, 0) is 6.42 Å². The second-order valence-electron chi connectivity index (χ2n) is 19.7. The van der Waals surface area contributed by atoms with Crippen LogP contribution in [0, 0.1) is 0 Å². The number of imidazole rings is 1. The summed E-state index contributed by atoms with van der Waals surface area (Å²) >= 11 is 0. The maximum atomic E-state index is 7.20. The lowest BCUT2D eigenvalue weighted by Gasteiger charge is -2.31. The first-order valence-electron chi connectivity index (χ1n) is 24.0. The zero-order valence-electron chi connectivity index (χ0n) is 38.7. The SMILES string of the molecule is C=C1C2C(CCc3ccc4c(oc5ccccc54)c3-c3n(-c4c(-c5ccccc5)cc(-c5ccccc5)cc4-c4ccccc4)c4ccccc4[n+]31)c1ccccc1-c1ccc([Si](C)(C)C)c[n+]12. The van der Waals surface area contributed by atoms with Crippen molar-refractivity contribution in [3.63, 3.8) is 0 Å². The number of allylic oxidation sites excluding steroid dienone is 1. The van der Waals surface area contributed by atoms with Crippen molar-refractivity contribution < 1.29 is 13.6 Å². The summed E-state index contributed by atoms with van der Waals surface area (Å²) in [5.41, 5.74) is 19.3. The summed E-state index contributed by atoms with van der Waals surface area (Å²) in [4.78, 5) is 0. The quantitative estimate of drug-likeness (QED) is 0.125. The Hall–Kier alpha value is -7.86. The van der Waals surface area contributed by atoms with Crippen LogP contribution in [0.1, 0.15) is 29.5 Å². The molecule has 0 saturated carbocycles. The number of aromatic nitrogens is 3.